The summed E-state index contributed by atoms with van der Waals surface area (Å²) >= 11 is 0. The molecular formula is C21H28IN5O. The zero-order chi connectivity index (χ0) is 19.1. The summed E-state index contributed by atoms with van der Waals surface area (Å²) < 4.78 is 7.51. The molecule has 0 saturated heterocycles. The van der Waals surface area contributed by atoms with Crippen molar-refractivity contribution in [3.8, 4) is 5.75 Å². The first-order valence-electron chi connectivity index (χ1n) is 9.28. The lowest BCUT2D eigenvalue weighted by Gasteiger charge is -2.12. The summed E-state index contributed by atoms with van der Waals surface area (Å²) in [6.07, 6.45) is 4.91. The largest absolute Gasteiger partial charge is 0.496 e. The maximum Gasteiger partial charge on any atom is 0.191 e. The number of ether oxygens (including phenoxy) is 1. The van der Waals surface area contributed by atoms with Crippen LogP contribution in [0.2, 0.25) is 0 Å². The van der Waals surface area contributed by atoms with Crippen LogP contribution in [0.15, 0.2) is 53.8 Å². The van der Waals surface area contributed by atoms with Crippen molar-refractivity contribution in [2.75, 3.05) is 20.2 Å². The summed E-state index contributed by atoms with van der Waals surface area (Å²) in [4.78, 5) is 9.31. The summed E-state index contributed by atoms with van der Waals surface area (Å²) in [5, 5.41) is 6.67. The minimum Gasteiger partial charge on any atom is -0.496 e. The van der Waals surface area contributed by atoms with Crippen LogP contribution in [0.3, 0.4) is 0 Å². The van der Waals surface area contributed by atoms with Gasteiger partial charge in [0.1, 0.15) is 11.4 Å². The van der Waals surface area contributed by atoms with Gasteiger partial charge in [-0.2, -0.15) is 0 Å². The molecule has 0 atom stereocenters. The van der Waals surface area contributed by atoms with Gasteiger partial charge in [0.2, 0.25) is 0 Å². The highest BCUT2D eigenvalue weighted by Gasteiger charge is 2.05. The number of pyridine rings is 1. The van der Waals surface area contributed by atoms with E-state index in [1.54, 1.807) is 7.11 Å². The van der Waals surface area contributed by atoms with Gasteiger partial charge in [0, 0.05) is 37.5 Å². The number of rotatable bonds is 7. The number of imidazole rings is 1. The number of nitrogens with zero attached hydrogens (tertiary/aromatic N) is 3. The fourth-order valence-electron chi connectivity index (χ4n) is 2.90. The molecule has 6 nitrogen and oxygen atoms in total. The van der Waals surface area contributed by atoms with E-state index in [1.807, 2.05) is 34.9 Å². The molecule has 150 valence electrons. The van der Waals surface area contributed by atoms with Crippen molar-refractivity contribution < 1.29 is 4.74 Å². The molecule has 3 aromatic rings. The summed E-state index contributed by atoms with van der Waals surface area (Å²) in [7, 11) is 1.69. The molecule has 7 heteroatoms. The van der Waals surface area contributed by atoms with Gasteiger partial charge < -0.3 is 19.8 Å². The number of aryl methyl sites for hydroxylation is 1. The van der Waals surface area contributed by atoms with Crippen LogP contribution in [0.5, 0.6) is 5.75 Å². The second-order valence-electron chi connectivity index (χ2n) is 6.39. The zero-order valence-corrected chi connectivity index (χ0v) is 18.9. The van der Waals surface area contributed by atoms with Gasteiger partial charge in [-0.15, -0.1) is 24.0 Å². The average Bonchev–Trinajstić information content (AvgIpc) is 3.09. The molecule has 0 spiro atoms. The number of fused-ring (bicyclic) bond motifs is 1. The van der Waals surface area contributed by atoms with Gasteiger partial charge in [-0.1, -0.05) is 18.2 Å². The number of methoxy groups -OCH3 is 1. The Morgan fingerprint density at radius 2 is 2.07 bits per heavy atom. The standard InChI is InChI=1S/C21H27N5O.HI/c1-4-22-21(24-14-17-9-8-16(2)13-19(17)27-3)23-11-10-18-15-26-12-6-5-7-20(26)25-18;/h5-9,12-13,15H,4,10-11,14H2,1-3H3,(H2,22,23,24);1H. The first-order chi connectivity index (χ1) is 13.2. The molecule has 0 amide bonds. The molecule has 0 fully saturated rings. The number of aromatic nitrogens is 2. The Hall–Kier alpha value is -2.29. The summed E-state index contributed by atoms with van der Waals surface area (Å²) in [6.45, 7) is 6.26. The van der Waals surface area contributed by atoms with Crippen LogP contribution >= 0.6 is 24.0 Å². The van der Waals surface area contributed by atoms with Crippen LogP contribution in [0.25, 0.3) is 5.65 Å². The highest BCUT2D eigenvalue weighted by Crippen LogP contribution is 2.20. The number of hydrogen-bond acceptors (Lipinski definition) is 3. The Balaban J connectivity index is 0.00000280. The average molecular weight is 493 g/mol. The Bertz CT molecular complexity index is 889. The molecule has 0 aliphatic heterocycles. The Labute approximate surface area is 183 Å². The van der Waals surface area contributed by atoms with Crippen molar-refractivity contribution in [1.29, 1.82) is 0 Å². The van der Waals surface area contributed by atoms with Gasteiger partial charge in [-0.3, -0.25) is 0 Å². The van der Waals surface area contributed by atoms with E-state index in [0.29, 0.717) is 6.54 Å². The highest BCUT2D eigenvalue weighted by atomic mass is 127. The van der Waals surface area contributed by atoms with Crippen molar-refractivity contribution in [2.24, 2.45) is 4.99 Å². The van der Waals surface area contributed by atoms with E-state index >= 15 is 0 Å². The lowest BCUT2D eigenvalue weighted by molar-refractivity contribution is 0.409. The van der Waals surface area contributed by atoms with Crippen molar-refractivity contribution in [1.82, 2.24) is 20.0 Å². The van der Waals surface area contributed by atoms with E-state index in [4.69, 9.17) is 4.74 Å². The van der Waals surface area contributed by atoms with E-state index in [0.717, 1.165) is 48.1 Å². The molecule has 2 heterocycles. The molecule has 0 aliphatic carbocycles. The van der Waals surface area contributed by atoms with E-state index in [9.17, 15) is 0 Å². The van der Waals surface area contributed by atoms with Crippen LogP contribution in [0.4, 0.5) is 0 Å². The predicted octanol–water partition coefficient (Wildman–Crippen LogP) is 3.57. The molecule has 0 radical (unpaired) electrons. The lowest BCUT2D eigenvalue weighted by Crippen LogP contribution is -2.38. The first kappa shape index (κ1) is 22.0. The lowest BCUT2D eigenvalue weighted by atomic mass is 10.1. The molecule has 0 saturated carbocycles. The van der Waals surface area contributed by atoms with Crippen molar-refractivity contribution in [2.45, 2.75) is 26.8 Å². The zero-order valence-electron chi connectivity index (χ0n) is 16.6. The third kappa shape index (κ3) is 5.85. The normalized spacial score (nSPS) is 11.2. The fourth-order valence-corrected chi connectivity index (χ4v) is 2.90. The topological polar surface area (TPSA) is 63.0 Å². The third-order valence-corrected chi connectivity index (χ3v) is 4.28. The minimum absolute atomic E-state index is 0. The number of guanidine groups is 1. The van der Waals surface area contributed by atoms with Crippen molar-refractivity contribution >= 4 is 35.6 Å². The quantitative estimate of drug-likeness (QED) is 0.300. The molecule has 0 unspecified atom stereocenters. The molecule has 2 aromatic heterocycles. The Morgan fingerprint density at radius 3 is 2.82 bits per heavy atom. The van der Waals surface area contributed by atoms with Gasteiger partial charge in [0.25, 0.3) is 0 Å². The first-order valence-corrected chi connectivity index (χ1v) is 9.28. The molecular weight excluding hydrogens is 465 g/mol. The van der Waals surface area contributed by atoms with Crippen LogP contribution in [0, 0.1) is 6.92 Å². The number of halogens is 1. The van der Waals surface area contributed by atoms with Crippen molar-refractivity contribution in [3.63, 3.8) is 0 Å². The summed E-state index contributed by atoms with van der Waals surface area (Å²) in [5.74, 6) is 1.67. The molecule has 28 heavy (non-hydrogen) atoms. The second-order valence-corrected chi connectivity index (χ2v) is 6.39. The summed E-state index contributed by atoms with van der Waals surface area (Å²) in [5.41, 5.74) is 4.28. The van der Waals surface area contributed by atoms with E-state index in [1.165, 1.54) is 5.56 Å². The number of hydrogen-bond donors (Lipinski definition) is 2. The van der Waals surface area contributed by atoms with E-state index in [-0.39, 0.29) is 24.0 Å². The fraction of sp³-hybridized carbons (Fsp3) is 0.333. The van der Waals surface area contributed by atoms with Crippen molar-refractivity contribution in [3.05, 3.63) is 65.6 Å². The number of nitrogens with one attached hydrogen (secondary N) is 2. The molecule has 1 aromatic carbocycles. The number of aliphatic imine (C=N–C) groups is 1. The maximum atomic E-state index is 5.47. The van der Waals surface area contributed by atoms with Gasteiger partial charge in [-0.05, 0) is 37.6 Å². The minimum atomic E-state index is 0. The predicted molar refractivity (Wildman–Crippen MR) is 125 cm³/mol. The van der Waals surface area contributed by atoms with Crippen LogP contribution in [-0.2, 0) is 13.0 Å². The van der Waals surface area contributed by atoms with Gasteiger partial charge >= 0.3 is 0 Å². The highest BCUT2D eigenvalue weighted by molar-refractivity contribution is 14.0. The van der Waals surface area contributed by atoms with Crippen LogP contribution < -0.4 is 15.4 Å². The van der Waals surface area contributed by atoms with E-state index in [2.05, 4.69) is 52.8 Å². The number of benzene rings is 1. The monoisotopic (exact) mass is 493 g/mol. The van der Waals surface area contributed by atoms with Crippen LogP contribution in [-0.4, -0.2) is 35.5 Å². The van der Waals surface area contributed by atoms with Gasteiger partial charge in [0.05, 0.1) is 19.3 Å². The van der Waals surface area contributed by atoms with Crippen LogP contribution in [0.1, 0.15) is 23.7 Å². The maximum absolute atomic E-state index is 5.47. The molecule has 0 bridgehead atoms. The third-order valence-electron chi connectivity index (χ3n) is 4.28. The Morgan fingerprint density at radius 1 is 1.21 bits per heavy atom. The molecule has 0 aliphatic rings. The summed E-state index contributed by atoms with van der Waals surface area (Å²) in [6, 6.07) is 12.2. The molecule has 3 rings (SSSR count). The molecule has 2 N–H and O–H groups in total. The second kappa shape index (κ2) is 10.9. The smallest absolute Gasteiger partial charge is 0.191 e. The van der Waals surface area contributed by atoms with E-state index < -0.39 is 0 Å². The Kier molecular flexibility index (Phi) is 8.56. The van der Waals surface area contributed by atoms with Gasteiger partial charge in [-0.25, -0.2) is 9.98 Å². The van der Waals surface area contributed by atoms with Gasteiger partial charge in [0.15, 0.2) is 5.96 Å². The SMILES string of the molecule is CCNC(=NCc1ccc(C)cc1OC)NCCc1cn2ccccc2n1.I.